The molecule has 0 atom stereocenters. The largest absolute Gasteiger partial charge is 0.380 e. The lowest BCUT2D eigenvalue weighted by Crippen LogP contribution is -2.27. The van der Waals surface area contributed by atoms with E-state index in [1.807, 2.05) is 6.92 Å². The van der Waals surface area contributed by atoms with Gasteiger partial charge in [-0.05, 0) is 37.6 Å². The van der Waals surface area contributed by atoms with Gasteiger partial charge in [0.05, 0.1) is 6.61 Å². The van der Waals surface area contributed by atoms with Crippen LogP contribution < -0.4 is 5.32 Å². The lowest BCUT2D eigenvalue weighted by atomic mass is 10.1. The van der Waals surface area contributed by atoms with Crippen molar-refractivity contribution in [1.29, 1.82) is 0 Å². The summed E-state index contributed by atoms with van der Waals surface area (Å²) in [6.07, 6.45) is 1.18. The van der Waals surface area contributed by atoms with Crippen molar-refractivity contribution in [2.75, 3.05) is 32.8 Å². The molecule has 3 nitrogen and oxygen atoms in total. The van der Waals surface area contributed by atoms with E-state index < -0.39 is 0 Å². The molecule has 0 unspecified atom stereocenters. The van der Waals surface area contributed by atoms with Gasteiger partial charge in [0, 0.05) is 26.2 Å². The monoisotopic (exact) mass is 278 g/mol. The SMILES string of the molecule is CCCNCc1cccc(CN(CC)CCOCC)c1. The zero-order valence-corrected chi connectivity index (χ0v) is 13.3. The van der Waals surface area contributed by atoms with E-state index in [2.05, 4.69) is 48.3 Å². The second-order valence-electron chi connectivity index (χ2n) is 5.06. The van der Waals surface area contributed by atoms with Gasteiger partial charge in [0.25, 0.3) is 0 Å². The van der Waals surface area contributed by atoms with E-state index in [9.17, 15) is 0 Å². The molecule has 1 aromatic rings. The van der Waals surface area contributed by atoms with Gasteiger partial charge in [0.15, 0.2) is 0 Å². The van der Waals surface area contributed by atoms with Gasteiger partial charge in [-0.25, -0.2) is 0 Å². The minimum Gasteiger partial charge on any atom is -0.380 e. The fourth-order valence-electron chi connectivity index (χ4n) is 2.19. The van der Waals surface area contributed by atoms with Crippen molar-refractivity contribution in [3.63, 3.8) is 0 Å². The fraction of sp³-hybridized carbons (Fsp3) is 0.647. The number of ether oxygens (including phenoxy) is 1. The van der Waals surface area contributed by atoms with Crippen molar-refractivity contribution in [2.24, 2.45) is 0 Å². The van der Waals surface area contributed by atoms with Gasteiger partial charge in [0.1, 0.15) is 0 Å². The molecule has 0 bridgehead atoms. The predicted molar refractivity (Wildman–Crippen MR) is 85.9 cm³/mol. The lowest BCUT2D eigenvalue weighted by molar-refractivity contribution is 0.113. The average molecular weight is 278 g/mol. The molecule has 1 N–H and O–H groups in total. The van der Waals surface area contributed by atoms with Crippen LogP contribution in [0.2, 0.25) is 0 Å². The Labute approximate surface area is 124 Å². The van der Waals surface area contributed by atoms with Crippen molar-refractivity contribution < 1.29 is 4.74 Å². The van der Waals surface area contributed by atoms with Crippen molar-refractivity contribution in [1.82, 2.24) is 10.2 Å². The van der Waals surface area contributed by atoms with E-state index in [0.29, 0.717) is 0 Å². The topological polar surface area (TPSA) is 24.5 Å². The van der Waals surface area contributed by atoms with Gasteiger partial charge in [-0.3, -0.25) is 4.90 Å². The zero-order chi connectivity index (χ0) is 14.6. The van der Waals surface area contributed by atoms with E-state index in [4.69, 9.17) is 4.74 Å². The van der Waals surface area contributed by atoms with Gasteiger partial charge in [0.2, 0.25) is 0 Å². The number of rotatable bonds is 11. The standard InChI is InChI=1S/C17H30N2O/c1-4-10-18-14-16-8-7-9-17(13-16)15-19(5-2)11-12-20-6-3/h7-9,13,18H,4-6,10-12,14-15H2,1-3H3. The molecule has 1 rings (SSSR count). The maximum atomic E-state index is 5.44. The zero-order valence-electron chi connectivity index (χ0n) is 13.3. The van der Waals surface area contributed by atoms with E-state index in [1.54, 1.807) is 0 Å². The first-order valence-electron chi connectivity index (χ1n) is 7.88. The van der Waals surface area contributed by atoms with Crippen LogP contribution >= 0.6 is 0 Å². The van der Waals surface area contributed by atoms with Gasteiger partial charge >= 0.3 is 0 Å². The summed E-state index contributed by atoms with van der Waals surface area (Å²) in [4.78, 5) is 2.42. The third-order valence-electron chi connectivity index (χ3n) is 3.36. The van der Waals surface area contributed by atoms with E-state index in [-0.39, 0.29) is 0 Å². The summed E-state index contributed by atoms with van der Waals surface area (Å²) in [5, 5.41) is 3.45. The van der Waals surface area contributed by atoms with Crippen LogP contribution in [0.3, 0.4) is 0 Å². The second-order valence-corrected chi connectivity index (χ2v) is 5.06. The van der Waals surface area contributed by atoms with Crippen molar-refractivity contribution in [3.05, 3.63) is 35.4 Å². The first kappa shape index (κ1) is 17.2. The molecule has 0 radical (unpaired) electrons. The molecule has 0 aromatic heterocycles. The second kappa shape index (κ2) is 10.8. The average Bonchev–Trinajstić information content (AvgIpc) is 2.47. The third kappa shape index (κ3) is 7.04. The van der Waals surface area contributed by atoms with E-state index >= 15 is 0 Å². The Morgan fingerprint density at radius 2 is 1.95 bits per heavy atom. The molecule has 114 valence electrons. The minimum atomic E-state index is 0.802. The van der Waals surface area contributed by atoms with Crippen LogP contribution in [0.25, 0.3) is 0 Å². The van der Waals surface area contributed by atoms with Crippen molar-refractivity contribution >= 4 is 0 Å². The van der Waals surface area contributed by atoms with Gasteiger partial charge in [-0.15, -0.1) is 0 Å². The highest BCUT2D eigenvalue weighted by atomic mass is 16.5. The highest BCUT2D eigenvalue weighted by Crippen LogP contribution is 2.08. The molecule has 0 amide bonds. The summed E-state index contributed by atoms with van der Waals surface area (Å²) in [5.74, 6) is 0. The van der Waals surface area contributed by atoms with E-state index in [0.717, 1.165) is 45.9 Å². The van der Waals surface area contributed by atoms with Crippen LogP contribution in [0.5, 0.6) is 0 Å². The van der Waals surface area contributed by atoms with Gasteiger partial charge in [-0.2, -0.15) is 0 Å². The van der Waals surface area contributed by atoms with Crippen LogP contribution in [0.15, 0.2) is 24.3 Å². The number of nitrogens with zero attached hydrogens (tertiary/aromatic N) is 1. The predicted octanol–water partition coefficient (Wildman–Crippen LogP) is 3.04. The molecule has 0 saturated carbocycles. The Kier molecular flexibility index (Phi) is 9.29. The summed E-state index contributed by atoms with van der Waals surface area (Å²) >= 11 is 0. The van der Waals surface area contributed by atoms with Crippen LogP contribution in [-0.4, -0.2) is 37.7 Å². The Hall–Kier alpha value is -0.900. The fourth-order valence-corrected chi connectivity index (χ4v) is 2.19. The van der Waals surface area contributed by atoms with Crippen LogP contribution in [0.1, 0.15) is 38.3 Å². The molecule has 0 spiro atoms. The summed E-state index contributed by atoms with van der Waals surface area (Å²) in [6, 6.07) is 8.88. The number of hydrogen-bond donors (Lipinski definition) is 1. The Balaban J connectivity index is 2.46. The molecule has 0 aliphatic carbocycles. The molecule has 0 aliphatic heterocycles. The minimum absolute atomic E-state index is 0.802. The summed E-state index contributed by atoms with van der Waals surface area (Å²) in [7, 11) is 0. The number of hydrogen-bond acceptors (Lipinski definition) is 3. The quantitative estimate of drug-likeness (QED) is 0.630. The first-order chi connectivity index (χ1) is 9.80. The Bertz CT molecular complexity index is 355. The first-order valence-corrected chi connectivity index (χ1v) is 7.88. The Morgan fingerprint density at radius 1 is 1.15 bits per heavy atom. The highest BCUT2D eigenvalue weighted by molar-refractivity contribution is 5.23. The summed E-state index contributed by atoms with van der Waals surface area (Å²) in [5.41, 5.74) is 2.76. The Morgan fingerprint density at radius 3 is 2.65 bits per heavy atom. The van der Waals surface area contributed by atoms with Gasteiger partial charge in [-0.1, -0.05) is 38.1 Å². The molecular weight excluding hydrogens is 248 g/mol. The summed E-state index contributed by atoms with van der Waals surface area (Å²) < 4.78 is 5.44. The van der Waals surface area contributed by atoms with Crippen LogP contribution in [0, 0.1) is 0 Å². The highest BCUT2D eigenvalue weighted by Gasteiger charge is 2.04. The molecule has 0 saturated heterocycles. The maximum Gasteiger partial charge on any atom is 0.0593 e. The maximum absolute atomic E-state index is 5.44. The molecule has 1 aromatic carbocycles. The number of nitrogens with one attached hydrogen (secondary N) is 1. The van der Waals surface area contributed by atoms with Crippen LogP contribution in [-0.2, 0) is 17.8 Å². The molecule has 3 heteroatoms. The van der Waals surface area contributed by atoms with E-state index in [1.165, 1.54) is 17.5 Å². The van der Waals surface area contributed by atoms with Gasteiger partial charge < -0.3 is 10.1 Å². The normalized spacial score (nSPS) is 11.2. The van der Waals surface area contributed by atoms with Crippen molar-refractivity contribution in [2.45, 2.75) is 40.3 Å². The third-order valence-corrected chi connectivity index (χ3v) is 3.36. The molecular formula is C17H30N2O. The molecule has 0 aliphatic rings. The number of benzene rings is 1. The number of likely N-dealkylation sites (N-methyl/N-ethyl adjacent to an activating group) is 1. The summed E-state index contributed by atoms with van der Waals surface area (Å²) in [6.45, 7) is 13.2. The lowest BCUT2D eigenvalue weighted by Gasteiger charge is -2.20. The molecule has 0 heterocycles. The molecule has 20 heavy (non-hydrogen) atoms. The van der Waals surface area contributed by atoms with Crippen LogP contribution in [0.4, 0.5) is 0 Å². The molecule has 0 fully saturated rings. The smallest absolute Gasteiger partial charge is 0.0593 e. The van der Waals surface area contributed by atoms with Crippen molar-refractivity contribution in [3.8, 4) is 0 Å².